The maximum atomic E-state index is 13.3. The zero-order valence-corrected chi connectivity index (χ0v) is 21.9. The molecule has 1 amide bonds. The number of pyridine rings is 1. The molecule has 4 aromatic rings. The summed E-state index contributed by atoms with van der Waals surface area (Å²) in [4.78, 5) is 44.1. The van der Waals surface area contributed by atoms with Crippen molar-refractivity contribution in [1.29, 1.82) is 0 Å². The Bertz CT molecular complexity index is 1470. The molecule has 0 saturated heterocycles. The smallest absolute Gasteiger partial charge is 0.348 e. The van der Waals surface area contributed by atoms with E-state index in [0.29, 0.717) is 21.5 Å². The average molecular weight is 524 g/mol. The first-order valence-corrected chi connectivity index (χ1v) is 12.9. The van der Waals surface area contributed by atoms with Crippen LogP contribution in [0.2, 0.25) is 0 Å². The van der Waals surface area contributed by atoms with Gasteiger partial charge in [0.1, 0.15) is 19.6 Å². The van der Waals surface area contributed by atoms with Crippen LogP contribution < -0.4 is 11.1 Å². The number of ether oxygens (including phenoxy) is 2. The SMILES string of the molecule is CCOC(=O)c1sc(NC(=O)c2sc3nc(-c4ccc(C)cc4)ccc3c2N)c(C(=O)OCC)c1C. The predicted octanol–water partition coefficient (Wildman–Crippen LogP) is 5.83. The first-order valence-electron chi connectivity index (χ1n) is 11.3. The number of esters is 2. The number of amides is 1. The van der Waals surface area contributed by atoms with Gasteiger partial charge < -0.3 is 20.5 Å². The number of nitrogens with one attached hydrogen (secondary N) is 1. The summed E-state index contributed by atoms with van der Waals surface area (Å²) < 4.78 is 10.3. The third-order valence-corrected chi connectivity index (χ3v) is 7.76. The van der Waals surface area contributed by atoms with Gasteiger partial charge in [-0.2, -0.15) is 0 Å². The van der Waals surface area contributed by atoms with E-state index >= 15 is 0 Å². The van der Waals surface area contributed by atoms with Gasteiger partial charge in [0, 0.05) is 10.9 Å². The van der Waals surface area contributed by atoms with E-state index in [9.17, 15) is 14.4 Å². The average Bonchev–Trinajstić information content (AvgIpc) is 3.36. The number of hydrogen-bond acceptors (Lipinski definition) is 9. The molecule has 0 radical (unpaired) electrons. The zero-order chi connectivity index (χ0) is 26.0. The summed E-state index contributed by atoms with van der Waals surface area (Å²) in [5.74, 6) is -1.71. The molecule has 0 fully saturated rings. The molecule has 0 aliphatic carbocycles. The van der Waals surface area contributed by atoms with Crippen molar-refractivity contribution in [2.75, 3.05) is 24.3 Å². The molecule has 0 aliphatic rings. The van der Waals surface area contributed by atoms with Crippen molar-refractivity contribution in [2.24, 2.45) is 0 Å². The Balaban J connectivity index is 1.69. The fourth-order valence-electron chi connectivity index (χ4n) is 3.65. The normalized spacial score (nSPS) is 10.9. The summed E-state index contributed by atoms with van der Waals surface area (Å²) >= 11 is 2.13. The number of nitrogens with two attached hydrogens (primary N) is 1. The van der Waals surface area contributed by atoms with Gasteiger partial charge >= 0.3 is 11.9 Å². The van der Waals surface area contributed by atoms with Crippen molar-refractivity contribution < 1.29 is 23.9 Å². The second kappa shape index (κ2) is 10.5. The van der Waals surface area contributed by atoms with Gasteiger partial charge in [-0.3, -0.25) is 4.79 Å². The van der Waals surface area contributed by atoms with E-state index in [0.717, 1.165) is 39.5 Å². The third-order valence-electron chi connectivity index (χ3n) is 5.46. The third kappa shape index (κ3) is 4.82. The summed E-state index contributed by atoms with van der Waals surface area (Å²) in [6, 6.07) is 11.7. The molecule has 0 atom stereocenters. The number of hydrogen-bond donors (Lipinski definition) is 2. The summed E-state index contributed by atoms with van der Waals surface area (Å²) in [5.41, 5.74) is 10.0. The summed E-state index contributed by atoms with van der Waals surface area (Å²) in [6.45, 7) is 7.34. The zero-order valence-electron chi connectivity index (χ0n) is 20.3. The Labute approximate surface area is 216 Å². The summed E-state index contributed by atoms with van der Waals surface area (Å²) in [7, 11) is 0. The molecule has 8 nitrogen and oxygen atoms in total. The molecular formula is C26H25N3O5S2. The number of aryl methyl sites for hydroxylation is 1. The molecule has 4 rings (SSSR count). The number of nitrogen functional groups attached to an aromatic ring is 1. The molecule has 3 aromatic heterocycles. The van der Waals surface area contributed by atoms with E-state index < -0.39 is 17.8 Å². The van der Waals surface area contributed by atoms with Crippen LogP contribution in [0.15, 0.2) is 36.4 Å². The van der Waals surface area contributed by atoms with Crippen LogP contribution in [0.25, 0.3) is 21.5 Å². The minimum Gasteiger partial charge on any atom is -0.462 e. The first-order chi connectivity index (χ1) is 17.2. The van der Waals surface area contributed by atoms with Crippen molar-refractivity contribution in [3.05, 3.63) is 62.8 Å². The Kier molecular flexibility index (Phi) is 7.37. The van der Waals surface area contributed by atoms with Crippen LogP contribution in [0, 0.1) is 13.8 Å². The van der Waals surface area contributed by atoms with Gasteiger partial charge in [0.05, 0.1) is 30.2 Å². The number of aromatic nitrogens is 1. The summed E-state index contributed by atoms with van der Waals surface area (Å²) in [6.07, 6.45) is 0. The molecule has 186 valence electrons. The number of nitrogens with zero attached hydrogens (tertiary/aromatic N) is 1. The number of carbonyl (C=O) groups is 3. The summed E-state index contributed by atoms with van der Waals surface area (Å²) in [5, 5.41) is 3.62. The minimum atomic E-state index is -0.634. The Hall–Kier alpha value is -3.76. The number of benzene rings is 1. The van der Waals surface area contributed by atoms with E-state index in [-0.39, 0.29) is 33.5 Å². The van der Waals surface area contributed by atoms with E-state index in [4.69, 9.17) is 20.2 Å². The highest BCUT2D eigenvalue weighted by Crippen LogP contribution is 2.38. The van der Waals surface area contributed by atoms with Crippen molar-refractivity contribution >= 4 is 61.4 Å². The number of carbonyl (C=O) groups excluding carboxylic acids is 3. The van der Waals surface area contributed by atoms with Gasteiger partial charge in [-0.05, 0) is 45.4 Å². The monoisotopic (exact) mass is 523 g/mol. The molecule has 36 heavy (non-hydrogen) atoms. The van der Waals surface area contributed by atoms with Crippen LogP contribution in [-0.2, 0) is 9.47 Å². The highest BCUT2D eigenvalue weighted by Gasteiger charge is 2.28. The van der Waals surface area contributed by atoms with Crippen LogP contribution in [0.1, 0.15) is 54.7 Å². The van der Waals surface area contributed by atoms with Crippen molar-refractivity contribution in [3.63, 3.8) is 0 Å². The van der Waals surface area contributed by atoms with Gasteiger partial charge in [0.15, 0.2) is 0 Å². The van der Waals surface area contributed by atoms with Crippen molar-refractivity contribution in [1.82, 2.24) is 4.98 Å². The fourth-order valence-corrected chi connectivity index (χ4v) is 5.73. The number of rotatable bonds is 7. The highest BCUT2D eigenvalue weighted by molar-refractivity contribution is 7.21. The topological polar surface area (TPSA) is 121 Å². The lowest BCUT2D eigenvalue weighted by Gasteiger charge is -2.06. The fraction of sp³-hybridized carbons (Fsp3) is 0.231. The lowest BCUT2D eigenvalue weighted by atomic mass is 10.1. The van der Waals surface area contributed by atoms with E-state index in [2.05, 4.69) is 5.32 Å². The Morgan fingerprint density at radius 3 is 2.25 bits per heavy atom. The molecule has 0 unspecified atom stereocenters. The molecule has 1 aromatic carbocycles. The largest absolute Gasteiger partial charge is 0.462 e. The van der Waals surface area contributed by atoms with Crippen molar-refractivity contribution in [3.8, 4) is 11.3 Å². The molecule has 3 heterocycles. The maximum Gasteiger partial charge on any atom is 0.348 e. The highest BCUT2D eigenvalue weighted by atomic mass is 32.1. The van der Waals surface area contributed by atoms with Gasteiger partial charge in [0.2, 0.25) is 0 Å². The molecule has 10 heteroatoms. The van der Waals surface area contributed by atoms with Crippen molar-refractivity contribution in [2.45, 2.75) is 27.7 Å². The van der Waals surface area contributed by atoms with Crippen LogP contribution in [0.3, 0.4) is 0 Å². The molecule has 3 N–H and O–H groups in total. The van der Waals surface area contributed by atoms with Gasteiger partial charge in [-0.15, -0.1) is 22.7 Å². The lowest BCUT2D eigenvalue weighted by Crippen LogP contribution is -2.15. The van der Waals surface area contributed by atoms with E-state index in [1.54, 1.807) is 20.8 Å². The van der Waals surface area contributed by atoms with Gasteiger partial charge in [-0.1, -0.05) is 29.8 Å². The Morgan fingerprint density at radius 2 is 1.58 bits per heavy atom. The second-order valence-corrected chi connectivity index (χ2v) is 9.94. The van der Waals surface area contributed by atoms with Gasteiger partial charge in [0.25, 0.3) is 5.91 Å². The molecular weight excluding hydrogens is 498 g/mol. The van der Waals surface area contributed by atoms with Crippen LogP contribution in [0.5, 0.6) is 0 Å². The predicted molar refractivity (Wildman–Crippen MR) is 143 cm³/mol. The quantitative estimate of drug-likeness (QED) is 0.292. The molecule has 0 bridgehead atoms. The number of thiophene rings is 2. The Morgan fingerprint density at radius 1 is 0.917 bits per heavy atom. The number of fused-ring (bicyclic) bond motifs is 1. The second-order valence-electron chi connectivity index (χ2n) is 7.92. The van der Waals surface area contributed by atoms with Crippen LogP contribution in [-0.4, -0.2) is 36.0 Å². The minimum absolute atomic E-state index is 0.123. The maximum absolute atomic E-state index is 13.3. The molecule has 0 aliphatic heterocycles. The van der Waals surface area contributed by atoms with Gasteiger partial charge in [-0.25, -0.2) is 14.6 Å². The first kappa shape index (κ1) is 25.3. The number of anilines is 2. The standard InChI is InChI=1S/C26H25N3O5S2/c1-5-33-25(31)18-14(4)20(26(32)34-6-2)35-24(18)29-22(30)21-19(27)16-11-12-17(28-23(16)36-21)15-9-7-13(3)8-10-15/h7-12H,5-6,27H2,1-4H3,(H,29,30). The van der Waals surface area contributed by atoms with Crippen LogP contribution in [0.4, 0.5) is 10.7 Å². The van der Waals surface area contributed by atoms with Crippen LogP contribution >= 0.6 is 22.7 Å². The molecule has 0 spiro atoms. The van der Waals surface area contributed by atoms with E-state index in [1.807, 2.05) is 43.3 Å². The molecule has 0 saturated carbocycles. The lowest BCUT2D eigenvalue weighted by molar-refractivity contribution is 0.0527. The van der Waals surface area contributed by atoms with E-state index in [1.165, 1.54) is 0 Å².